The van der Waals surface area contributed by atoms with Gasteiger partial charge in [0, 0.05) is 0 Å². The molecule has 8 aromatic rings. The van der Waals surface area contributed by atoms with Gasteiger partial charge < -0.3 is 0 Å². The van der Waals surface area contributed by atoms with Gasteiger partial charge in [0.2, 0.25) is 0 Å². The number of rotatable bonds is 3. The molecule has 0 N–H and O–H groups in total. The number of halogens is 1. The van der Waals surface area contributed by atoms with Crippen LogP contribution in [0.3, 0.4) is 0 Å². The third kappa shape index (κ3) is 3.57. The molecule has 0 radical (unpaired) electrons. The molecular weight excluding hydrogens is 691 g/mol. The van der Waals surface area contributed by atoms with Gasteiger partial charge in [-0.3, -0.25) is 0 Å². The monoisotopic (exact) mass is 718 g/mol. The normalized spacial score (nSPS) is 14.7. The summed E-state index contributed by atoms with van der Waals surface area (Å²) in [6.07, 6.45) is 0. The molecule has 3 heterocycles. The van der Waals surface area contributed by atoms with Crippen LogP contribution >= 0.6 is 19.8 Å². The summed E-state index contributed by atoms with van der Waals surface area (Å²) in [6.45, 7) is 0. The van der Waals surface area contributed by atoms with E-state index in [4.69, 9.17) is 9.15 Å². The van der Waals surface area contributed by atoms with E-state index >= 15 is 0 Å². The molecule has 218 valence electrons. The summed E-state index contributed by atoms with van der Waals surface area (Å²) in [5.41, 5.74) is 4.49. The molecule has 10 rings (SSSR count). The average Bonchev–Trinajstić information content (AvgIpc) is 3.67. The van der Waals surface area contributed by atoms with Crippen molar-refractivity contribution in [3.63, 3.8) is 0 Å². The average molecular weight is 719 g/mol. The van der Waals surface area contributed by atoms with E-state index < -0.39 is 27.9 Å². The molecule has 0 aliphatic carbocycles. The van der Waals surface area contributed by atoms with Gasteiger partial charge in [-0.2, -0.15) is 0 Å². The van der Waals surface area contributed by atoms with E-state index in [9.17, 15) is 0 Å². The minimum atomic E-state index is -2.72. The summed E-state index contributed by atoms with van der Waals surface area (Å²) in [5.74, 6) is 2.01. The Morgan fingerprint density at radius 3 is 1.98 bits per heavy atom. The second-order valence-corrected chi connectivity index (χ2v) is 20.8. The van der Waals surface area contributed by atoms with E-state index in [0.29, 0.717) is 0 Å². The minimum absolute atomic E-state index is 0.940. The van der Waals surface area contributed by atoms with Crippen LogP contribution in [0.15, 0.2) is 168 Å². The molecule has 1 aromatic heterocycles. The van der Waals surface area contributed by atoms with Crippen LogP contribution in [0.1, 0.15) is 0 Å². The molecule has 0 unspecified atom stereocenters. The fraction of sp³-hybridized carbons (Fsp3) is 0. The summed E-state index contributed by atoms with van der Waals surface area (Å²) in [5, 5.41) is 7.74. The zero-order valence-electron chi connectivity index (χ0n) is 24.8. The zero-order chi connectivity index (χ0) is 30.2. The number of hydrogen-bond donors (Lipinski definition) is 0. The van der Waals surface area contributed by atoms with Gasteiger partial charge in [0.15, 0.2) is 0 Å². The molecule has 4 heteroatoms. The molecule has 7 aromatic carbocycles. The van der Waals surface area contributed by atoms with Crippen molar-refractivity contribution >= 4 is 70.6 Å². The topological polar surface area (TPSA) is 22.4 Å². The molecule has 46 heavy (non-hydrogen) atoms. The molecule has 0 fully saturated rings. The third-order valence-electron chi connectivity index (χ3n) is 9.53. The molecular formula is C42H27IO2Si. The quantitative estimate of drug-likeness (QED) is 0.135. The number of hydrogen-bond acceptors (Lipinski definition) is 2. The van der Waals surface area contributed by atoms with Crippen molar-refractivity contribution in [1.29, 1.82) is 0 Å². The first-order chi connectivity index (χ1) is 22.8. The molecule has 0 saturated heterocycles. The second-order valence-electron chi connectivity index (χ2n) is 11.9. The van der Waals surface area contributed by atoms with E-state index in [1.54, 1.807) is 0 Å². The van der Waals surface area contributed by atoms with Crippen LogP contribution in [-0.4, -0.2) is 8.07 Å². The van der Waals surface area contributed by atoms with Crippen LogP contribution in [-0.2, 0) is 0 Å². The van der Waals surface area contributed by atoms with E-state index in [2.05, 4.69) is 158 Å². The van der Waals surface area contributed by atoms with Gasteiger partial charge in [-0.25, -0.2) is 0 Å². The van der Waals surface area contributed by atoms with Crippen LogP contribution in [0.4, 0.5) is 0 Å². The SMILES string of the molecule is c1ccc([Si]2(c3ccccc3)c3ccccc3Oc3c2ccc2c3-c3ccccc3I2c2ccc3oc4ccccc4c3c2)cc1. The first-order valence-electron chi connectivity index (χ1n) is 15.6. The Morgan fingerprint density at radius 1 is 0.478 bits per heavy atom. The fourth-order valence-corrected chi connectivity index (χ4v) is 18.9. The summed E-state index contributed by atoms with van der Waals surface area (Å²) in [4.78, 5) is 0. The van der Waals surface area contributed by atoms with Gasteiger partial charge in [0.05, 0.1) is 0 Å². The van der Waals surface area contributed by atoms with Crippen molar-refractivity contribution < 1.29 is 9.15 Å². The summed E-state index contributed by atoms with van der Waals surface area (Å²) >= 11 is -2.08. The third-order valence-corrected chi connectivity index (χ3v) is 20.4. The van der Waals surface area contributed by atoms with Gasteiger partial charge in [-0.05, 0) is 0 Å². The molecule has 2 aliphatic rings. The Balaban J connectivity index is 1.28. The standard InChI is InChI=1S/C42H27IO2Si/c1-3-13-29(14-4-1)46(30-15-5-2-6-16-30)39-22-12-11-21-38(39)45-42-40(46)26-24-35-41(42)32-18-7-9-19-34(32)43(35)28-23-25-37-33(27-28)31-17-8-10-20-36(31)44-37/h1-27H. The van der Waals surface area contributed by atoms with E-state index in [0.717, 1.165) is 22.7 Å². The number of para-hydroxylation sites is 2. The fourth-order valence-electron chi connectivity index (χ4n) is 7.64. The van der Waals surface area contributed by atoms with Crippen molar-refractivity contribution in [2.45, 2.75) is 0 Å². The van der Waals surface area contributed by atoms with Crippen LogP contribution in [0.25, 0.3) is 33.1 Å². The summed E-state index contributed by atoms with van der Waals surface area (Å²) in [7, 11) is -2.72. The zero-order valence-corrected chi connectivity index (χ0v) is 27.9. The van der Waals surface area contributed by atoms with Crippen molar-refractivity contribution in [2.24, 2.45) is 0 Å². The Labute approximate surface area is 275 Å². The number of furan rings is 1. The Hall–Kier alpha value is -4.91. The van der Waals surface area contributed by atoms with Crippen molar-refractivity contribution in [1.82, 2.24) is 0 Å². The Morgan fingerprint density at radius 2 is 1.15 bits per heavy atom. The molecule has 0 amide bonds. The Kier molecular flexibility index (Phi) is 5.75. The predicted octanol–water partition coefficient (Wildman–Crippen LogP) is 8.47. The maximum absolute atomic E-state index is 7.12. The molecule has 0 spiro atoms. The molecule has 0 atom stereocenters. The summed E-state index contributed by atoms with van der Waals surface area (Å²) in [6, 6.07) is 60.3. The van der Waals surface area contributed by atoms with Crippen molar-refractivity contribution in [3.8, 4) is 22.6 Å². The van der Waals surface area contributed by atoms with Gasteiger partial charge in [0.1, 0.15) is 0 Å². The van der Waals surface area contributed by atoms with Crippen LogP contribution in [0.5, 0.6) is 11.5 Å². The van der Waals surface area contributed by atoms with Gasteiger partial charge in [-0.1, -0.05) is 0 Å². The van der Waals surface area contributed by atoms with Crippen LogP contribution < -0.4 is 25.5 Å². The molecule has 2 nitrogen and oxygen atoms in total. The Bertz CT molecular complexity index is 2430. The van der Waals surface area contributed by atoms with Gasteiger partial charge in [-0.15, -0.1) is 0 Å². The summed E-state index contributed by atoms with van der Waals surface area (Å²) < 4.78 is 17.7. The van der Waals surface area contributed by atoms with Crippen LogP contribution in [0.2, 0.25) is 0 Å². The maximum atomic E-state index is 7.12. The van der Waals surface area contributed by atoms with Crippen molar-refractivity contribution in [3.05, 3.63) is 175 Å². The van der Waals surface area contributed by atoms with Crippen LogP contribution in [0, 0.1) is 10.7 Å². The van der Waals surface area contributed by atoms with E-state index in [1.807, 2.05) is 6.07 Å². The molecule has 2 aliphatic heterocycles. The second kappa shape index (κ2) is 10.0. The predicted molar refractivity (Wildman–Crippen MR) is 199 cm³/mol. The number of ether oxygens (including phenoxy) is 1. The van der Waals surface area contributed by atoms with E-state index in [1.165, 1.54) is 53.4 Å². The molecule has 0 saturated carbocycles. The first kappa shape index (κ1) is 26.3. The van der Waals surface area contributed by atoms with Gasteiger partial charge in [0.25, 0.3) is 0 Å². The number of benzene rings is 7. The van der Waals surface area contributed by atoms with Gasteiger partial charge >= 0.3 is 277 Å². The number of fused-ring (bicyclic) bond motifs is 9. The van der Waals surface area contributed by atoms with Crippen molar-refractivity contribution in [2.75, 3.05) is 0 Å². The van der Waals surface area contributed by atoms with E-state index in [-0.39, 0.29) is 0 Å². The first-order valence-corrected chi connectivity index (χ1v) is 20.8. The molecule has 0 bridgehead atoms.